The molecule has 3 aromatic carbocycles. The fraction of sp³-hybridized carbons (Fsp3) is 0.0909. The van der Waals surface area contributed by atoms with E-state index in [1.54, 1.807) is 19.1 Å². The molecule has 0 unspecified atom stereocenters. The molecule has 6 nitrogen and oxygen atoms in total. The standard InChI is InChI=1S/C22H20N2O4/c1-15-11-12-18(19(25)13-15)22(27)24-23-21(26)14-28-20-10-6-5-9-17(20)16-7-3-2-4-8-16/h2-13,25H,14H2,1H3,(H,23,26)(H,24,27). The van der Waals surface area contributed by atoms with E-state index < -0.39 is 11.8 Å². The molecule has 0 bridgehead atoms. The van der Waals surface area contributed by atoms with Crippen molar-refractivity contribution in [1.82, 2.24) is 10.9 Å². The maximum atomic E-state index is 12.1. The first-order chi connectivity index (χ1) is 13.5. The number of benzene rings is 3. The molecule has 0 heterocycles. The van der Waals surface area contributed by atoms with E-state index in [0.717, 1.165) is 16.7 Å². The second-order valence-corrected chi connectivity index (χ2v) is 6.17. The number of aromatic hydroxyl groups is 1. The molecular weight excluding hydrogens is 356 g/mol. The molecule has 3 rings (SSSR count). The molecule has 3 aromatic rings. The van der Waals surface area contributed by atoms with Crippen molar-refractivity contribution >= 4 is 11.8 Å². The molecule has 0 aliphatic rings. The summed E-state index contributed by atoms with van der Waals surface area (Å²) in [5, 5.41) is 9.82. The van der Waals surface area contributed by atoms with Crippen LogP contribution in [0.2, 0.25) is 0 Å². The van der Waals surface area contributed by atoms with E-state index >= 15 is 0 Å². The van der Waals surface area contributed by atoms with Gasteiger partial charge in [0.1, 0.15) is 11.5 Å². The van der Waals surface area contributed by atoms with Crippen LogP contribution in [-0.2, 0) is 4.79 Å². The summed E-state index contributed by atoms with van der Waals surface area (Å²) >= 11 is 0. The van der Waals surface area contributed by atoms with Crippen molar-refractivity contribution in [1.29, 1.82) is 0 Å². The van der Waals surface area contributed by atoms with Crippen LogP contribution in [0.4, 0.5) is 0 Å². The number of hydrogen-bond donors (Lipinski definition) is 3. The summed E-state index contributed by atoms with van der Waals surface area (Å²) in [7, 11) is 0. The van der Waals surface area contributed by atoms with Crippen molar-refractivity contribution in [3.05, 3.63) is 83.9 Å². The number of phenolic OH excluding ortho intramolecular Hbond substituents is 1. The number of para-hydroxylation sites is 1. The monoisotopic (exact) mass is 376 g/mol. The minimum atomic E-state index is -0.615. The number of rotatable bonds is 5. The molecule has 0 saturated heterocycles. The molecule has 3 N–H and O–H groups in total. The molecule has 28 heavy (non-hydrogen) atoms. The van der Waals surface area contributed by atoms with Gasteiger partial charge in [-0.3, -0.25) is 20.4 Å². The van der Waals surface area contributed by atoms with Crippen LogP contribution in [0.25, 0.3) is 11.1 Å². The SMILES string of the molecule is Cc1ccc(C(=O)NNC(=O)COc2ccccc2-c2ccccc2)c(O)c1. The molecule has 0 atom stereocenters. The summed E-state index contributed by atoms with van der Waals surface area (Å²) in [6.07, 6.45) is 0. The number of nitrogens with one attached hydrogen (secondary N) is 2. The van der Waals surface area contributed by atoms with Crippen molar-refractivity contribution in [2.24, 2.45) is 0 Å². The van der Waals surface area contributed by atoms with Crippen molar-refractivity contribution in [3.63, 3.8) is 0 Å². The fourth-order valence-corrected chi connectivity index (χ4v) is 2.66. The van der Waals surface area contributed by atoms with Crippen molar-refractivity contribution in [2.75, 3.05) is 6.61 Å². The molecule has 0 aliphatic heterocycles. The average Bonchev–Trinajstić information content (AvgIpc) is 2.71. The summed E-state index contributed by atoms with van der Waals surface area (Å²) in [4.78, 5) is 24.1. The molecule has 0 fully saturated rings. The number of carbonyl (C=O) groups is 2. The number of amides is 2. The predicted molar refractivity (Wildman–Crippen MR) is 106 cm³/mol. The van der Waals surface area contributed by atoms with E-state index in [9.17, 15) is 14.7 Å². The van der Waals surface area contributed by atoms with Crippen molar-refractivity contribution < 1.29 is 19.4 Å². The van der Waals surface area contributed by atoms with Gasteiger partial charge >= 0.3 is 0 Å². The molecular formula is C22H20N2O4. The van der Waals surface area contributed by atoms with E-state index in [1.807, 2.05) is 48.5 Å². The topological polar surface area (TPSA) is 87.7 Å². The zero-order chi connectivity index (χ0) is 19.9. The summed E-state index contributed by atoms with van der Waals surface area (Å²) < 4.78 is 5.62. The lowest BCUT2D eigenvalue weighted by atomic mass is 10.1. The Morgan fingerprint density at radius 1 is 0.929 bits per heavy atom. The smallest absolute Gasteiger partial charge is 0.276 e. The second kappa shape index (κ2) is 8.73. The first kappa shape index (κ1) is 19.0. The summed E-state index contributed by atoms with van der Waals surface area (Å²) in [5.74, 6) is -0.732. The second-order valence-electron chi connectivity index (χ2n) is 6.17. The Morgan fingerprint density at radius 3 is 2.39 bits per heavy atom. The largest absolute Gasteiger partial charge is 0.507 e. The highest BCUT2D eigenvalue weighted by atomic mass is 16.5. The van der Waals surface area contributed by atoms with Crippen LogP contribution in [0.15, 0.2) is 72.8 Å². The zero-order valence-electron chi connectivity index (χ0n) is 15.3. The van der Waals surface area contributed by atoms with Gasteiger partial charge in [0.25, 0.3) is 11.8 Å². The fourth-order valence-electron chi connectivity index (χ4n) is 2.66. The number of hydrogen-bond acceptors (Lipinski definition) is 4. The molecule has 6 heteroatoms. The van der Waals surface area contributed by atoms with E-state index in [2.05, 4.69) is 10.9 Å². The third-order valence-corrected chi connectivity index (χ3v) is 4.04. The zero-order valence-corrected chi connectivity index (χ0v) is 15.3. The van der Waals surface area contributed by atoms with Gasteiger partial charge in [-0.2, -0.15) is 0 Å². The van der Waals surface area contributed by atoms with Crippen LogP contribution < -0.4 is 15.6 Å². The van der Waals surface area contributed by atoms with Gasteiger partial charge < -0.3 is 9.84 Å². The lowest BCUT2D eigenvalue weighted by Gasteiger charge is -2.12. The highest BCUT2D eigenvalue weighted by Crippen LogP contribution is 2.29. The Balaban J connectivity index is 1.57. The molecule has 0 radical (unpaired) electrons. The molecule has 0 spiro atoms. The van der Waals surface area contributed by atoms with Crippen LogP contribution in [0.1, 0.15) is 15.9 Å². The van der Waals surface area contributed by atoms with Gasteiger partial charge in [0.15, 0.2) is 6.61 Å². The minimum Gasteiger partial charge on any atom is -0.507 e. The third kappa shape index (κ3) is 4.67. The highest BCUT2D eigenvalue weighted by Gasteiger charge is 2.13. The minimum absolute atomic E-state index is 0.0706. The summed E-state index contributed by atoms with van der Waals surface area (Å²) in [5.41, 5.74) is 7.27. The maximum Gasteiger partial charge on any atom is 0.276 e. The molecule has 2 amide bonds. The first-order valence-corrected chi connectivity index (χ1v) is 8.70. The maximum absolute atomic E-state index is 12.1. The van der Waals surface area contributed by atoms with E-state index in [4.69, 9.17) is 4.74 Å². The van der Waals surface area contributed by atoms with Crippen LogP contribution >= 0.6 is 0 Å². The van der Waals surface area contributed by atoms with Gasteiger partial charge in [-0.15, -0.1) is 0 Å². The lowest BCUT2D eigenvalue weighted by Crippen LogP contribution is -2.43. The number of carbonyl (C=O) groups excluding carboxylic acids is 2. The Labute approximate surface area is 162 Å². The summed E-state index contributed by atoms with van der Waals surface area (Å²) in [6.45, 7) is 1.53. The van der Waals surface area contributed by atoms with Gasteiger partial charge in [0.2, 0.25) is 0 Å². The highest BCUT2D eigenvalue weighted by molar-refractivity contribution is 5.97. The number of aryl methyl sites for hydroxylation is 1. The number of ether oxygens (including phenoxy) is 1. The Hall–Kier alpha value is -3.80. The first-order valence-electron chi connectivity index (χ1n) is 8.70. The van der Waals surface area contributed by atoms with Gasteiger partial charge in [0.05, 0.1) is 5.56 Å². The normalized spacial score (nSPS) is 10.2. The van der Waals surface area contributed by atoms with E-state index in [1.165, 1.54) is 12.1 Å². The van der Waals surface area contributed by atoms with Crippen molar-refractivity contribution in [3.8, 4) is 22.6 Å². The van der Waals surface area contributed by atoms with Gasteiger partial charge in [-0.1, -0.05) is 54.6 Å². The average molecular weight is 376 g/mol. The lowest BCUT2D eigenvalue weighted by molar-refractivity contribution is -0.123. The van der Waals surface area contributed by atoms with Crippen LogP contribution in [-0.4, -0.2) is 23.5 Å². The van der Waals surface area contributed by atoms with Crippen LogP contribution in [0.3, 0.4) is 0 Å². The van der Waals surface area contributed by atoms with Crippen LogP contribution in [0, 0.1) is 6.92 Å². The summed E-state index contributed by atoms with van der Waals surface area (Å²) in [6, 6.07) is 21.7. The van der Waals surface area contributed by atoms with Crippen LogP contribution in [0.5, 0.6) is 11.5 Å². The molecule has 0 saturated carbocycles. The molecule has 0 aromatic heterocycles. The van der Waals surface area contributed by atoms with E-state index in [-0.39, 0.29) is 17.9 Å². The van der Waals surface area contributed by atoms with Gasteiger partial charge in [0, 0.05) is 5.56 Å². The quantitative estimate of drug-likeness (QED) is 0.597. The third-order valence-electron chi connectivity index (χ3n) is 4.04. The van der Waals surface area contributed by atoms with Crippen molar-refractivity contribution in [2.45, 2.75) is 6.92 Å². The van der Waals surface area contributed by atoms with Gasteiger partial charge in [-0.05, 0) is 36.2 Å². The Bertz CT molecular complexity index is 987. The number of phenols is 1. The Morgan fingerprint density at radius 2 is 1.64 bits per heavy atom. The van der Waals surface area contributed by atoms with Gasteiger partial charge in [-0.25, -0.2) is 0 Å². The number of hydrazine groups is 1. The molecule has 142 valence electrons. The Kier molecular flexibility index (Phi) is 5.91. The molecule has 0 aliphatic carbocycles. The van der Waals surface area contributed by atoms with E-state index in [0.29, 0.717) is 5.75 Å². The predicted octanol–water partition coefficient (Wildman–Crippen LogP) is 3.21.